The van der Waals surface area contributed by atoms with Crippen LogP contribution in [-0.4, -0.2) is 19.0 Å². The van der Waals surface area contributed by atoms with Crippen molar-refractivity contribution in [1.82, 2.24) is 0 Å². The van der Waals surface area contributed by atoms with Gasteiger partial charge < -0.3 is 9.47 Å². The SMILES string of the molecule is C/C(=C\CCC1(C)OCCO1)CCC[C@H](C)CCCC(C)C. The maximum atomic E-state index is 5.64. The van der Waals surface area contributed by atoms with Gasteiger partial charge in [0.25, 0.3) is 0 Å². The molecule has 0 aromatic carbocycles. The zero-order valence-electron chi connectivity index (χ0n) is 15.6. The molecule has 1 rings (SSSR count). The molecule has 2 heteroatoms. The van der Waals surface area contributed by atoms with Crippen molar-refractivity contribution in [3.63, 3.8) is 0 Å². The second-order valence-corrected chi connectivity index (χ2v) is 7.74. The molecule has 0 aliphatic carbocycles. The fraction of sp³-hybridized carbons (Fsp3) is 0.900. The average molecular weight is 311 g/mol. The van der Waals surface area contributed by atoms with Crippen molar-refractivity contribution in [2.24, 2.45) is 11.8 Å². The van der Waals surface area contributed by atoms with Crippen molar-refractivity contribution in [1.29, 1.82) is 0 Å². The third-order valence-electron chi connectivity index (χ3n) is 4.74. The fourth-order valence-corrected chi connectivity index (χ4v) is 3.13. The minimum absolute atomic E-state index is 0.332. The molecule has 0 spiro atoms. The van der Waals surface area contributed by atoms with E-state index in [0.717, 1.165) is 37.9 Å². The summed E-state index contributed by atoms with van der Waals surface area (Å²) in [4.78, 5) is 0. The summed E-state index contributed by atoms with van der Waals surface area (Å²) in [7, 11) is 0. The Morgan fingerprint density at radius 2 is 1.68 bits per heavy atom. The van der Waals surface area contributed by atoms with E-state index in [-0.39, 0.29) is 5.79 Å². The quantitative estimate of drug-likeness (QED) is 0.429. The van der Waals surface area contributed by atoms with Crippen molar-refractivity contribution in [3.8, 4) is 0 Å². The van der Waals surface area contributed by atoms with Crippen LogP contribution in [-0.2, 0) is 9.47 Å². The van der Waals surface area contributed by atoms with Crippen LogP contribution in [0.5, 0.6) is 0 Å². The van der Waals surface area contributed by atoms with Gasteiger partial charge in [-0.25, -0.2) is 0 Å². The Morgan fingerprint density at radius 3 is 2.32 bits per heavy atom. The van der Waals surface area contributed by atoms with E-state index in [0.29, 0.717) is 0 Å². The van der Waals surface area contributed by atoms with Gasteiger partial charge in [0.15, 0.2) is 5.79 Å². The maximum absolute atomic E-state index is 5.64. The molecule has 2 nitrogen and oxygen atoms in total. The molecule has 0 amide bonds. The first-order valence-corrected chi connectivity index (χ1v) is 9.35. The monoisotopic (exact) mass is 310 g/mol. The molecule has 1 atom stereocenters. The summed E-state index contributed by atoms with van der Waals surface area (Å²) in [6, 6.07) is 0. The Morgan fingerprint density at radius 1 is 1.05 bits per heavy atom. The van der Waals surface area contributed by atoms with E-state index in [2.05, 4.69) is 40.7 Å². The first-order chi connectivity index (χ1) is 10.4. The van der Waals surface area contributed by atoms with E-state index in [9.17, 15) is 0 Å². The molecule has 0 radical (unpaired) electrons. The van der Waals surface area contributed by atoms with E-state index in [1.807, 2.05) is 0 Å². The van der Waals surface area contributed by atoms with Crippen LogP contribution < -0.4 is 0 Å². The van der Waals surface area contributed by atoms with Gasteiger partial charge in [-0.15, -0.1) is 0 Å². The van der Waals surface area contributed by atoms with Crippen molar-refractivity contribution in [3.05, 3.63) is 11.6 Å². The lowest BCUT2D eigenvalue weighted by Crippen LogP contribution is -2.24. The average Bonchev–Trinajstić information content (AvgIpc) is 2.85. The summed E-state index contributed by atoms with van der Waals surface area (Å²) in [5.41, 5.74) is 1.52. The highest BCUT2D eigenvalue weighted by Crippen LogP contribution is 2.25. The molecule has 1 aliphatic rings. The number of hydrogen-bond donors (Lipinski definition) is 0. The molecule has 1 fully saturated rings. The van der Waals surface area contributed by atoms with Gasteiger partial charge in [0, 0.05) is 6.42 Å². The van der Waals surface area contributed by atoms with E-state index in [4.69, 9.17) is 9.47 Å². The topological polar surface area (TPSA) is 18.5 Å². The van der Waals surface area contributed by atoms with E-state index >= 15 is 0 Å². The lowest BCUT2D eigenvalue weighted by molar-refractivity contribution is -0.145. The van der Waals surface area contributed by atoms with Gasteiger partial charge in [0.2, 0.25) is 0 Å². The molecular formula is C20H38O2. The van der Waals surface area contributed by atoms with Crippen molar-refractivity contribution in [2.45, 2.75) is 91.8 Å². The Labute approximate surface area is 138 Å². The van der Waals surface area contributed by atoms with Crippen LogP contribution >= 0.6 is 0 Å². The number of rotatable bonds is 11. The van der Waals surface area contributed by atoms with E-state index in [1.54, 1.807) is 0 Å². The summed E-state index contributed by atoms with van der Waals surface area (Å²) in [5.74, 6) is 1.40. The molecule has 0 aromatic heterocycles. The van der Waals surface area contributed by atoms with Crippen LogP contribution in [0.1, 0.15) is 86.0 Å². The van der Waals surface area contributed by atoms with Gasteiger partial charge in [-0.3, -0.25) is 0 Å². The molecule has 1 saturated heterocycles. The lowest BCUT2D eigenvalue weighted by Gasteiger charge is -2.21. The highest BCUT2D eigenvalue weighted by molar-refractivity contribution is 4.98. The summed E-state index contributed by atoms with van der Waals surface area (Å²) in [6.45, 7) is 12.9. The number of ether oxygens (including phenoxy) is 2. The Hall–Kier alpha value is -0.340. The van der Waals surface area contributed by atoms with Crippen LogP contribution in [0.2, 0.25) is 0 Å². The molecule has 130 valence electrons. The number of hydrogen-bond acceptors (Lipinski definition) is 2. The summed E-state index contributed by atoms with van der Waals surface area (Å²) < 4.78 is 11.3. The molecular weight excluding hydrogens is 272 g/mol. The molecule has 22 heavy (non-hydrogen) atoms. The summed E-state index contributed by atoms with van der Waals surface area (Å²) in [5, 5.41) is 0. The molecule has 0 aromatic rings. The highest BCUT2D eigenvalue weighted by Gasteiger charge is 2.29. The van der Waals surface area contributed by atoms with Crippen LogP contribution in [0.4, 0.5) is 0 Å². The minimum atomic E-state index is -0.332. The van der Waals surface area contributed by atoms with E-state index < -0.39 is 0 Å². The molecule has 1 heterocycles. The largest absolute Gasteiger partial charge is 0.348 e. The molecule has 1 aliphatic heterocycles. The van der Waals surface area contributed by atoms with Crippen LogP contribution in [0, 0.1) is 11.8 Å². The zero-order valence-corrected chi connectivity index (χ0v) is 15.6. The van der Waals surface area contributed by atoms with Gasteiger partial charge in [0.1, 0.15) is 0 Å². The predicted octanol–water partition coefficient (Wildman–Crippen LogP) is 6.11. The van der Waals surface area contributed by atoms with Crippen LogP contribution in [0.25, 0.3) is 0 Å². The Balaban J connectivity index is 2.06. The first-order valence-electron chi connectivity index (χ1n) is 9.35. The Kier molecular flexibility index (Phi) is 9.35. The standard InChI is InChI=1S/C20H38O2/c1-17(2)9-6-10-18(3)11-7-12-19(4)13-8-14-20(5)21-15-16-22-20/h13,17-18H,6-12,14-16H2,1-5H3/b19-13+/t18-/m1/s1. The zero-order chi connectivity index (χ0) is 16.4. The van der Waals surface area contributed by atoms with Crippen LogP contribution in [0.3, 0.4) is 0 Å². The highest BCUT2D eigenvalue weighted by atomic mass is 16.7. The normalized spacial score (nSPS) is 19.8. The fourth-order valence-electron chi connectivity index (χ4n) is 3.13. The minimum Gasteiger partial charge on any atom is -0.348 e. The maximum Gasteiger partial charge on any atom is 0.166 e. The molecule has 0 saturated carbocycles. The third-order valence-corrected chi connectivity index (χ3v) is 4.74. The van der Waals surface area contributed by atoms with Gasteiger partial charge in [-0.2, -0.15) is 0 Å². The van der Waals surface area contributed by atoms with Crippen molar-refractivity contribution >= 4 is 0 Å². The summed E-state index contributed by atoms with van der Waals surface area (Å²) in [6.07, 6.45) is 12.5. The van der Waals surface area contributed by atoms with Crippen molar-refractivity contribution < 1.29 is 9.47 Å². The van der Waals surface area contributed by atoms with Gasteiger partial charge in [0.05, 0.1) is 13.2 Å². The second-order valence-electron chi connectivity index (χ2n) is 7.74. The predicted molar refractivity (Wildman–Crippen MR) is 95.0 cm³/mol. The Bertz CT molecular complexity index is 314. The summed E-state index contributed by atoms with van der Waals surface area (Å²) >= 11 is 0. The van der Waals surface area contributed by atoms with Crippen molar-refractivity contribution in [2.75, 3.05) is 13.2 Å². The van der Waals surface area contributed by atoms with E-state index in [1.165, 1.54) is 44.1 Å². The van der Waals surface area contributed by atoms with Gasteiger partial charge in [-0.1, -0.05) is 58.1 Å². The second kappa shape index (κ2) is 10.4. The first kappa shape index (κ1) is 19.7. The molecule has 0 N–H and O–H groups in total. The van der Waals surface area contributed by atoms with Crippen LogP contribution in [0.15, 0.2) is 11.6 Å². The smallest absolute Gasteiger partial charge is 0.166 e. The molecule has 0 bridgehead atoms. The van der Waals surface area contributed by atoms with Gasteiger partial charge in [-0.05, 0) is 44.9 Å². The molecule has 0 unspecified atom stereocenters. The van der Waals surface area contributed by atoms with Gasteiger partial charge >= 0.3 is 0 Å². The third kappa shape index (κ3) is 8.95. The number of allylic oxidation sites excluding steroid dienone is 2. The lowest BCUT2D eigenvalue weighted by atomic mass is 9.94.